The predicted octanol–water partition coefficient (Wildman–Crippen LogP) is 4.34. The lowest BCUT2D eigenvalue weighted by Crippen LogP contribution is -2.27. The van der Waals surface area contributed by atoms with Crippen LogP contribution in [0.1, 0.15) is 31.0 Å². The topological polar surface area (TPSA) is 82.3 Å². The number of aromatic hydroxyl groups is 1. The summed E-state index contributed by atoms with van der Waals surface area (Å²) < 4.78 is 5.78. The maximum Gasteiger partial charge on any atom is 0.262 e. The number of halogens is 1. The molecular weight excluding hydrogens is 396 g/mol. The second kappa shape index (κ2) is 9.07. The molecule has 0 fully saturated rings. The molecule has 2 N–H and O–H groups in total. The summed E-state index contributed by atoms with van der Waals surface area (Å²) in [6, 6.07) is 14.4. The summed E-state index contributed by atoms with van der Waals surface area (Å²) in [6.45, 7) is 4.04. The number of amides is 1. The van der Waals surface area contributed by atoms with Crippen LogP contribution in [0.15, 0.2) is 52.5 Å². The van der Waals surface area contributed by atoms with Crippen molar-refractivity contribution in [2.24, 2.45) is 0 Å². The first-order valence-corrected chi connectivity index (χ1v) is 8.88. The Bertz CT molecular complexity index is 857. The van der Waals surface area contributed by atoms with Crippen LogP contribution in [0.3, 0.4) is 0 Å². The summed E-state index contributed by atoms with van der Waals surface area (Å²) in [7, 11) is 0. The Kier molecular flexibility index (Phi) is 6.81. The van der Waals surface area contributed by atoms with Gasteiger partial charge in [-0.2, -0.15) is 5.26 Å². The molecule has 0 spiro atoms. The summed E-state index contributed by atoms with van der Waals surface area (Å²) in [6.07, 6.45) is 1.46. The van der Waals surface area contributed by atoms with Crippen molar-refractivity contribution in [2.75, 3.05) is 6.61 Å². The van der Waals surface area contributed by atoms with Crippen LogP contribution in [0.5, 0.6) is 11.5 Å². The quantitative estimate of drug-likeness (QED) is 0.543. The van der Waals surface area contributed by atoms with Crippen molar-refractivity contribution in [1.82, 2.24) is 5.32 Å². The predicted molar refractivity (Wildman–Crippen MR) is 104 cm³/mol. The number of nitrogens with one attached hydrogen (secondary N) is 1. The number of hydrogen-bond donors (Lipinski definition) is 2. The third-order valence-electron chi connectivity index (χ3n) is 3.67. The molecular formula is C20H19BrN2O3. The second-order valence-corrected chi connectivity index (χ2v) is 6.41. The van der Waals surface area contributed by atoms with E-state index in [1.54, 1.807) is 19.1 Å². The molecule has 2 aromatic rings. The number of benzene rings is 2. The SMILES string of the molecule is CCOc1cc(/C=C(/C#N)C(=O)NC(C)c2ccccc2)cc(Br)c1O. The highest BCUT2D eigenvalue weighted by Gasteiger charge is 2.15. The fourth-order valence-corrected chi connectivity index (χ4v) is 2.82. The maximum absolute atomic E-state index is 12.4. The molecule has 0 radical (unpaired) electrons. The van der Waals surface area contributed by atoms with Crippen molar-refractivity contribution < 1.29 is 14.6 Å². The van der Waals surface area contributed by atoms with Crippen molar-refractivity contribution in [3.8, 4) is 17.6 Å². The summed E-state index contributed by atoms with van der Waals surface area (Å²) in [4.78, 5) is 12.4. The van der Waals surface area contributed by atoms with Gasteiger partial charge in [0.05, 0.1) is 17.1 Å². The van der Waals surface area contributed by atoms with Gasteiger partial charge in [-0.05, 0) is 59.1 Å². The van der Waals surface area contributed by atoms with Crippen molar-refractivity contribution in [3.63, 3.8) is 0 Å². The number of phenols is 1. The second-order valence-electron chi connectivity index (χ2n) is 5.56. The van der Waals surface area contributed by atoms with Gasteiger partial charge >= 0.3 is 0 Å². The van der Waals surface area contributed by atoms with E-state index < -0.39 is 5.91 Å². The highest BCUT2D eigenvalue weighted by atomic mass is 79.9. The molecule has 2 rings (SSSR count). The molecule has 0 bridgehead atoms. The zero-order valence-corrected chi connectivity index (χ0v) is 16.1. The number of carbonyl (C=O) groups is 1. The lowest BCUT2D eigenvalue weighted by Gasteiger charge is -2.14. The van der Waals surface area contributed by atoms with Gasteiger partial charge in [-0.25, -0.2) is 0 Å². The minimum atomic E-state index is -0.467. The summed E-state index contributed by atoms with van der Waals surface area (Å²) >= 11 is 3.24. The molecule has 26 heavy (non-hydrogen) atoms. The van der Waals surface area contributed by atoms with E-state index in [9.17, 15) is 15.2 Å². The van der Waals surface area contributed by atoms with E-state index in [2.05, 4.69) is 21.2 Å². The average Bonchev–Trinajstić information content (AvgIpc) is 2.64. The van der Waals surface area contributed by atoms with E-state index in [1.807, 2.05) is 43.3 Å². The Morgan fingerprint density at radius 1 is 1.38 bits per heavy atom. The minimum absolute atomic E-state index is 0.0235. The molecule has 0 saturated heterocycles. The van der Waals surface area contributed by atoms with E-state index in [0.29, 0.717) is 16.6 Å². The molecule has 0 aliphatic rings. The van der Waals surface area contributed by atoms with Gasteiger partial charge in [-0.1, -0.05) is 30.3 Å². The standard InChI is InChI=1S/C20H19BrN2O3/c1-3-26-18-11-14(10-17(21)19(18)24)9-16(12-22)20(25)23-13(2)15-7-5-4-6-8-15/h4-11,13,24H,3H2,1-2H3,(H,23,25)/b16-9-. The van der Waals surface area contributed by atoms with Crippen molar-refractivity contribution in [1.29, 1.82) is 5.26 Å². The van der Waals surface area contributed by atoms with Crippen LogP contribution in [0.25, 0.3) is 6.08 Å². The number of nitriles is 1. The lowest BCUT2D eigenvalue weighted by molar-refractivity contribution is -0.117. The fraction of sp³-hybridized carbons (Fsp3) is 0.200. The van der Waals surface area contributed by atoms with Crippen LogP contribution in [0.4, 0.5) is 0 Å². The molecule has 1 atom stereocenters. The molecule has 1 amide bonds. The van der Waals surface area contributed by atoms with Crippen LogP contribution in [-0.2, 0) is 4.79 Å². The van der Waals surface area contributed by atoms with Crippen molar-refractivity contribution >= 4 is 27.9 Å². The van der Waals surface area contributed by atoms with Crippen LogP contribution in [0, 0.1) is 11.3 Å². The van der Waals surface area contributed by atoms with E-state index >= 15 is 0 Å². The smallest absolute Gasteiger partial charge is 0.262 e. The van der Waals surface area contributed by atoms with E-state index in [1.165, 1.54) is 6.08 Å². The van der Waals surface area contributed by atoms with Crippen molar-refractivity contribution in [2.45, 2.75) is 19.9 Å². The molecule has 0 aliphatic carbocycles. The number of carbonyl (C=O) groups excluding carboxylic acids is 1. The Morgan fingerprint density at radius 3 is 2.69 bits per heavy atom. The Labute approximate surface area is 161 Å². The first-order chi connectivity index (χ1) is 12.5. The molecule has 0 aliphatic heterocycles. The van der Waals surface area contributed by atoms with Crippen molar-refractivity contribution in [3.05, 3.63) is 63.6 Å². The van der Waals surface area contributed by atoms with E-state index in [4.69, 9.17) is 4.74 Å². The highest BCUT2D eigenvalue weighted by Crippen LogP contribution is 2.36. The number of ether oxygens (including phenoxy) is 1. The first kappa shape index (κ1) is 19.5. The van der Waals surface area contributed by atoms with Crippen LogP contribution < -0.4 is 10.1 Å². The largest absolute Gasteiger partial charge is 0.503 e. The van der Waals surface area contributed by atoms with Gasteiger partial charge in [0, 0.05) is 0 Å². The number of hydrogen-bond acceptors (Lipinski definition) is 4. The summed E-state index contributed by atoms with van der Waals surface area (Å²) in [5.74, 6) is -0.209. The van der Waals surface area contributed by atoms with Gasteiger partial charge in [-0.15, -0.1) is 0 Å². The molecule has 0 aromatic heterocycles. The minimum Gasteiger partial charge on any atom is -0.503 e. The molecule has 0 saturated carbocycles. The molecule has 6 heteroatoms. The van der Waals surface area contributed by atoms with Gasteiger partial charge in [0.15, 0.2) is 11.5 Å². The number of nitrogens with zero attached hydrogens (tertiary/aromatic N) is 1. The molecule has 134 valence electrons. The average molecular weight is 415 g/mol. The third-order valence-corrected chi connectivity index (χ3v) is 4.28. The Balaban J connectivity index is 2.24. The van der Waals surface area contributed by atoms with Gasteiger partial charge in [0.25, 0.3) is 5.91 Å². The zero-order valence-electron chi connectivity index (χ0n) is 14.5. The summed E-state index contributed by atoms with van der Waals surface area (Å²) in [5, 5.41) is 22.1. The highest BCUT2D eigenvalue weighted by molar-refractivity contribution is 9.10. The third kappa shape index (κ3) is 4.87. The number of rotatable bonds is 6. The lowest BCUT2D eigenvalue weighted by atomic mass is 10.1. The van der Waals surface area contributed by atoms with Gasteiger partial charge in [0.1, 0.15) is 11.6 Å². The van der Waals surface area contributed by atoms with E-state index in [-0.39, 0.29) is 23.1 Å². The molecule has 5 nitrogen and oxygen atoms in total. The molecule has 0 heterocycles. The monoisotopic (exact) mass is 414 g/mol. The fourth-order valence-electron chi connectivity index (χ4n) is 2.36. The van der Waals surface area contributed by atoms with Gasteiger partial charge < -0.3 is 15.2 Å². The molecule has 2 aromatic carbocycles. The van der Waals surface area contributed by atoms with Crippen LogP contribution in [-0.4, -0.2) is 17.6 Å². The summed E-state index contributed by atoms with van der Waals surface area (Å²) in [5.41, 5.74) is 1.48. The maximum atomic E-state index is 12.4. The number of phenolic OH excluding ortho intramolecular Hbond substituents is 1. The molecule has 1 unspecified atom stereocenters. The zero-order chi connectivity index (χ0) is 19.1. The Hall–Kier alpha value is -2.78. The van der Waals surface area contributed by atoms with Gasteiger partial charge in [0.2, 0.25) is 0 Å². The van der Waals surface area contributed by atoms with E-state index in [0.717, 1.165) is 5.56 Å². The first-order valence-electron chi connectivity index (χ1n) is 8.09. The Morgan fingerprint density at radius 2 is 2.08 bits per heavy atom. The van der Waals surface area contributed by atoms with Gasteiger partial charge in [-0.3, -0.25) is 4.79 Å². The van der Waals surface area contributed by atoms with Crippen LogP contribution in [0.2, 0.25) is 0 Å². The van der Waals surface area contributed by atoms with Crippen LogP contribution >= 0.6 is 15.9 Å². The normalized spacial score (nSPS) is 12.2.